The average molecular weight is 139 g/mol. The van der Waals surface area contributed by atoms with E-state index in [2.05, 4.69) is 18.5 Å². The average Bonchev–Trinajstić information content (AvgIpc) is 2.02. The van der Waals surface area contributed by atoms with E-state index >= 15 is 0 Å². The van der Waals surface area contributed by atoms with E-state index in [4.69, 9.17) is 0 Å². The zero-order valence-corrected chi connectivity index (χ0v) is 7.17. The molecule has 0 heterocycles. The molecule has 0 radical (unpaired) electrons. The molecule has 0 spiro atoms. The van der Waals surface area contributed by atoms with Gasteiger partial charge >= 0.3 is 0 Å². The molecule has 0 aromatic rings. The van der Waals surface area contributed by atoms with E-state index in [0.29, 0.717) is 0 Å². The van der Waals surface area contributed by atoms with Crippen LogP contribution in [-0.4, -0.2) is 6.21 Å². The standard InChI is InChI=1S/C7H11N.C2H6/c1-3-5-7-8-6-4-2;1-2/h4-7H,2-3H2,1H3;1-2H3/b7-5-,8-6?;. The Bertz CT molecular complexity index is 101. The van der Waals surface area contributed by atoms with Gasteiger partial charge in [-0.3, -0.25) is 4.99 Å². The lowest BCUT2D eigenvalue weighted by atomic mass is 10.5. The van der Waals surface area contributed by atoms with Gasteiger partial charge in [0.15, 0.2) is 0 Å². The van der Waals surface area contributed by atoms with Crippen molar-refractivity contribution in [2.45, 2.75) is 27.2 Å². The van der Waals surface area contributed by atoms with Gasteiger partial charge in [-0.25, -0.2) is 0 Å². The summed E-state index contributed by atoms with van der Waals surface area (Å²) in [6, 6.07) is 0. The minimum absolute atomic E-state index is 1.04. The fourth-order valence-corrected chi connectivity index (χ4v) is 0.277. The molecule has 0 amide bonds. The Morgan fingerprint density at radius 2 is 2.00 bits per heavy atom. The van der Waals surface area contributed by atoms with E-state index < -0.39 is 0 Å². The molecule has 0 rings (SSSR count). The molecule has 0 aromatic carbocycles. The van der Waals surface area contributed by atoms with Gasteiger partial charge in [0.05, 0.1) is 0 Å². The van der Waals surface area contributed by atoms with Gasteiger partial charge in [-0.2, -0.15) is 0 Å². The summed E-state index contributed by atoms with van der Waals surface area (Å²) in [5, 5.41) is 0. The van der Waals surface area contributed by atoms with E-state index in [1.54, 1.807) is 18.5 Å². The van der Waals surface area contributed by atoms with Gasteiger partial charge in [0.1, 0.15) is 0 Å². The smallest absolute Gasteiger partial charge is 0.0261 e. The Labute approximate surface area is 64.2 Å². The van der Waals surface area contributed by atoms with E-state index in [-0.39, 0.29) is 0 Å². The number of allylic oxidation sites excluding steroid dienone is 2. The molecule has 0 aliphatic heterocycles. The van der Waals surface area contributed by atoms with Crippen molar-refractivity contribution >= 4 is 6.21 Å². The summed E-state index contributed by atoms with van der Waals surface area (Å²) in [5.41, 5.74) is 0. The minimum Gasteiger partial charge on any atom is -0.265 e. The normalized spacial score (nSPS) is 9.50. The molecular formula is C9H17N. The lowest BCUT2D eigenvalue weighted by molar-refractivity contribution is 1.21. The summed E-state index contributed by atoms with van der Waals surface area (Å²) >= 11 is 0. The highest BCUT2D eigenvalue weighted by Crippen LogP contribution is 1.78. The van der Waals surface area contributed by atoms with Gasteiger partial charge in [0.25, 0.3) is 0 Å². The fraction of sp³-hybridized carbons (Fsp3) is 0.444. The first-order valence-corrected chi connectivity index (χ1v) is 3.71. The third-order valence-corrected chi connectivity index (χ3v) is 0.619. The lowest BCUT2D eigenvalue weighted by Gasteiger charge is -1.72. The van der Waals surface area contributed by atoms with Crippen LogP contribution in [-0.2, 0) is 0 Å². The van der Waals surface area contributed by atoms with Crippen molar-refractivity contribution in [1.29, 1.82) is 0 Å². The molecule has 0 atom stereocenters. The number of hydrogen-bond acceptors (Lipinski definition) is 1. The third kappa shape index (κ3) is 15.7. The molecule has 0 saturated carbocycles. The van der Waals surface area contributed by atoms with Crippen molar-refractivity contribution in [2.75, 3.05) is 0 Å². The van der Waals surface area contributed by atoms with Gasteiger partial charge in [-0.15, -0.1) is 0 Å². The van der Waals surface area contributed by atoms with Gasteiger partial charge in [-0.1, -0.05) is 39.5 Å². The lowest BCUT2D eigenvalue weighted by Crippen LogP contribution is -1.56. The number of rotatable bonds is 3. The molecule has 0 aromatic heterocycles. The fourth-order valence-electron chi connectivity index (χ4n) is 0.277. The highest BCUT2D eigenvalue weighted by molar-refractivity contribution is 5.70. The molecule has 0 unspecified atom stereocenters. The third-order valence-electron chi connectivity index (χ3n) is 0.619. The quantitative estimate of drug-likeness (QED) is 0.532. The van der Waals surface area contributed by atoms with Gasteiger partial charge in [0.2, 0.25) is 0 Å². The Morgan fingerprint density at radius 1 is 1.40 bits per heavy atom. The summed E-state index contributed by atoms with van der Waals surface area (Å²) in [7, 11) is 0. The molecule has 58 valence electrons. The summed E-state index contributed by atoms with van der Waals surface area (Å²) in [6.07, 6.45) is 8.10. The second kappa shape index (κ2) is 15.7. The van der Waals surface area contributed by atoms with E-state index in [0.717, 1.165) is 6.42 Å². The first kappa shape index (κ1) is 11.9. The zero-order valence-electron chi connectivity index (χ0n) is 7.17. The van der Waals surface area contributed by atoms with Crippen molar-refractivity contribution in [3.63, 3.8) is 0 Å². The largest absolute Gasteiger partial charge is 0.265 e. The molecular weight excluding hydrogens is 122 g/mol. The molecule has 0 saturated heterocycles. The Morgan fingerprint density at radius 3 is 2.40 bits per heavy atom. The van der Waals surface area contributed by atoms with Crippen LogP contribution in [0.1, 0.15) is 27.2 Å². The van der Waals surface area contributed by atoms with Crippen LogP contribution < -0.4 is 0 Å². The van der Waals surface area contributed by atoms with Crippen molar-refractivity contribution in [1.82, 2.24) is 0 Å². The van der Waals surface area contributed by atoms with Crippen LogP contribution in [0, 0.1) is 0 Å². The van der Waals surface area contributed by atoms with Gasteiger partial charge in [0, 0.05) is 12.4 Å². The molecule has 1 nitrogen and oxygen atoms in total. The second-order valence-electron chi connectivity index (χ2n) is 1.33. The second-order valence-corrected chi connectivity index (χ2v) is 1.33. The maximum absolute atomic E-state index is 3.86. The molecule has 0 aliphatic carbocycles. The topological polar surface area (TPSA) is 12.4 Å². The van der Waals surface area contributed by atoms with E-state index in [1.165, 1.54) is 0 Å². The zero-order chi connectivity index (χ0) is 8.24. The highest BCUT2D eigenvalue weighted by atomic mass is 14.6. The van der Waals surface area contributed by atoms with Crippen LogP contribution >= 0.6 is 0 Å². The number of aliphatic imine (C=N–C) groups is 1. The predicted octanol–water partition coefficient (Wildman–Crippen LogP) is 3.19. The summed E-state index contributed by atoms with van der Waals surface area (Å²) in [6.45, 7) is 9.54. The van der Waals surface area contributed by atoms with Crippen LogP contribution in [0.25, 0.3) is 0 Å². The highest BCUT2D eigenvalue weighted by Gasteiger charge is 1.59. The first-order chi connectivity index (χ1) is 4.91. The molecule has 0 bridgehead atoms. The predicted molar refractivity (Wildman–Crippen MR) is 49.5 cm³/mol. The summed E-state index contributed by atoms with van der Waals surface area (Å²) < 4.78 is 0. The SMILES string of the molecule is C=CC=N/C=C\CC.CC. The van der Waals surface area contributed by atoms with Crippen LogP contribution in [0.4, 0.5) is 0 Å². The molecule has 1 heteroatoms. The molecule has 10 heavy (non-hydrogen) atoms. The van der Waals surface area contributed by atoms with Crippen molar-refractivity contribution in [3.05, 3.63) is 24.9 Å². The Balaban J connectivity index is 0. The monoisotopic (exact) mass is 139 g/mol. The van der Waals surface area contributed by atoms with Crippen molar-refractivity contribution in [2.24, 2.45) is 4.99 Å². The molecule has 0 fully saturated rings. The van der Waals surface area contributed by atoms with Crippen molar-refractivity contribution in [3.8, 4) is 0 Å². The summed E-state index contributed by atoms with van der Waals surface area (Å²) in [5.74, 6) is 0. The van der Waals surface area contributed by atoms with E-state index in [1.807, 2.05) is 19.9 Å². The number of hydrogen-bond donors (Lipinski definition) is 0. The number of nitrogens with zero attached hydrogens (tertiary/aromatic N) is 1. The maximum Gasteiger partial charge on any atom is 0.0261 e. The Kier molecular flexibility index (Phi) is 18.7. The van der Waals surface area contributed by atoms with Crippen LogP contribution in [0.15, 0.2) is 29.9 Å². The maximum atomic E-state index is 3.86. The van der Waals surface area contributed by atoms with Crippen LogP contribution in [0.5, 0.6) is 0 Å². The first-order valence-electron chi connectivity index (χ1n) is 3.71. The molecule has 0 aliphatic rings. The van der Waals surface area contributed by atoms with Crippen molar-refractivity contribution < 1.29 is 0 Å². The van der Waals surface area contributed by atoms with E-state index in [9.17, 15) is 0 Å². The summed E-state index contributed by atoms with van der Waals surface area (Å²) in [4.78, 5) is 3.86. The van der Waals surface area contributed by atoms with Gasteiger partial charge in [-0.05, 0) is 6.42 Å². The van der Waals surface area contributed by atoms with Gasteiger partial charge < -0.3 is 0 Å². The minimum atomic E-state index is 1.04. The molecule has 0 N–H and O–H groups in total. The Hall–Kier alpha value is -0.850. The van der Waals surface area contributed by atoms with Crippen LogP contribution in [0.2, 0.25) is 0 Å². The van der Waals surface area contributed by atoms with Crippen LogP contribution in [0.3, 0.4) is 0 Å².